The molecule has 2 N–H and O–H groups in total. The highest BCUT2D eigenvalue weighted by atomic mass is 35.5. The number of phenols is 2. The minimum absolute atomic E-state index is 0. The van der Waals surface area contributed by atoms with Gasteiger partial charge in [0.05, 0.1) is 22.4 Å². The maximum absolute atomic E-state index is 9.89. The van der Waals surface area contributed by atoms with Crippen LogP contribution in [0, 0.1) is 0 Å². The number of nitrogens with zero attached hydrogens (tertiary/aromatic N) is 4. The van der Waals surface area contributed by atoms with Gasteiger partial charge in [0, 0.05) is 22.1 Å². The van der Waals surface area contributed by atoms with E-state index >= 15 is 0 Å². The summed E-state index contributed by atoms with van der Waals surface area (Å²) >= 11 is 0. The SMILES string of the molecule is CC(C)(N=NC(C)(C)c1cc2ccccc2n1-c1ccc(O)cc1)c1cc2ccccc2n1-c1ccc(O)cc1.Cl.Cl. The first kappa shape index (κ1) is 30.7. The topological polar surface area (TPSA) is 75.0 Å². The standard InChI is InChI=1S/C34H32N4O2.2ClH/c1-33(2,31-21-23-9-5-7-11-29(23)37(31)25-13-17-27(39)18-14-25)35-36-34(3,4)32-22-24-10-6-8-12-30(24)38(32)26-15-19-28(40)20-16-26;;/h5-22,39-40H,1-4H3;2*1H. The first-order valence-corrected chi connectivity index (χ1v) is 13.4. The summed E-state index contributed by atoms with van der Waals surface area (Å²) in [7, 11) is 0. The number of benzene rings is 4. The number of halogens is 2. The quantitative estimate of drug-likeness (QED) is 0.187. The van der Waals surface area contributed by atoms with Gasteiger partial charge in [0.15, 0.2) is 0 Å². The number of para-hydroxylation sites is 2. The summed E-state index contributed by atoms with van der Waals surface area (Å²) in [4.78, 5) is 0. The number of aromatic nitrogens is 2. The number of hydrogen-bond acceptors (Lipinski definition) is 4. The van der Waals surface area contributed by atoms with Crippen molar-refractivity contribution in [1.29, 1.82) is 0 Å². The van der Waals surface area contributed by atoms with E-state index in [2.05, 4.69) is 73.2 Å². The highest BCUT2D eigenvalue weighted by Crippen LogP contribution is 2.38. The van der Waals surface area contributed by atoms with E-state index in [-0.39, 0.29) is 36.3 Å². The van der Waals surface area contributed by atoms with Gasteiger partial charge < -0.3 is 19.3 Å². The van der Waals surface area contributed by atoms with Crippen LogP contribution in [0.5, 0.6) is 11.5 Å². The smallest absolute Gasteiger partial charge is 0.116 e. The van der Waals surface area contributed by atoms with Gasteiger partial charge in [-0.1, -0.05) is 36.4 Å². The molecule has 6 rings (SSSR count). The van der Waals surface area contributed by atoms with Gasteiger partial charge in [-0.2, -0.15) is 10.2 Å². The van der Waals surface area contributed by atoms with Crippen molar-refractivity contribution in [2.24, 2.45) is 10.2 Å². The first-order valence-electron chi connectivity index (χ1n) is 13.4. The number of azo groups is 1. The van der Waals surface area contributed by atoms with Crippen LogP contribution in [0.3, 0.4) is 0 Å². The molecule has 0 saturated carbocycles. The van der Waals surface area contributed by atoms with Gasteiger partial charge >= 0.3 is 0 Å². The Labute approximate surface area is 257 Å². The molecule has 6 aromatic rings. The van der Waals surface area contributed by atoms with Crippen molar-refractivity contribution >= 4 is 46.6 Å². The second-order valence-corrected chi connectivity index (χ2v) is 11.2. The van der Waals surface area contributed by atoms with Crippen LogP contribution in [0.1, 0.15) is 39.1 Å². The van der Waals surface area contributed by atoms with E-state index in [1.807, 2.05) is 48.5 Å². The molecule has 8 heteroatoms. The van der Waals surface area contributed by atoms with Crippen LogP contribution in [0.4, 0.5) is 0 Å². The van der Waals surface area contributed by atoms with E-state index in [1.54, 1.807) is 24.3 Å². The molecule has 0 amide bonds. The van der Waals surface area contributed by atoms with Crippen molar-refractivity contribution in [3.63, 3.8) is 0 Å². The Kier molecular flexibility index (Phi) is 8.44. The largest absolute Gasteiger partial charge is 0.508 e. The normalized spacial score (nSPS) is 12.0. The highest BCUT2D eigenvalue weighted by molar-refractivity contribution is 5.86. The van der Waals surface area contributed by atoms with Crippen molar-refractivity contribution in [3.8, 4) is 22.9 Å². The molecule has 2 heterocycles. The maximum Gasteiger partial charge on any atom is 0.116 e. The third-order valence-corrected chi connectivity index (χ3v) is 7.44. The highest BCUT2D eigenvalue weighted by Gasteiger charge is 2.31. The molecule has 0 aliphatic rings. The van der Waals surface area contributed by atoms with Crippen LogP contribution in [-0.2, 0) is 11.1 Å². The minimum Gasteiger partial charge on any atom is -0.508 e. The molecule has 4 aromatic carbocycles. The summed E-state index contributed by atoms with van der Waals surface area (Å²) in [6, 6.07) is 35.3. The second kappa shape index (κ2) is 11.6. The van der Waals surface area contributed by atoms with E-state index < -0.39 is 11.1 Å². The van der Waals surface area contributed by atoms with Gasteiger partial charge in [0.25, 0.3) is 0 Å². The zero-order valence-corrected chi connectivity index (χ0v) is 25.5. The molecule has 0 aliphatic carbocycles. The maximum atomic E-state index is 9.89. The molecule has 6 nitrogen and oxygen atoms in total. The second-order valence-electron chi connectivity index (χ2n) is 11.2. The predicted octanol–water partition coefficient (Wildman–Crippen LogP) is 9.45. The number of aromatic hydroxyl groups is 2. The predicted molar refractivity (Wildman–Crippen MR) is 175 cm³/mol. The fourth-order valence-electron chi connectivity index (χ4n) is 5.32. The molecule has 0 unspecified atom stereocenters. The molecular weight excluding hydrogens is 567 g/mol. The Bertz CT molecular complexity index is 1730. The number of hydrogen-bond donors (Lipinski definition) is 2. The van der Waals surface area contributed by atoms with E-state index in [0.29, 0.717) is 0 Å². The summed E-state index contributed by atoms with van der Waals surface area (Å²) in [5.41, 5.74) is 4.70. The summed E-state index contributed by atoms with van der Waals surface area (Å²) in [6.07, 6.45) is 0. The van der Waals surface area contributed by atoms with E-state index in [1.165, 1.54) is 0 Å². The number of rotatable bonds is 6. The first-order chi connectivity index (χ1) is 19.1. The van der Waals surface area contributed by atoms with Gasteiger partial charge in [-0.3, -0.25) is 0 Å². The lowest BCUT2D eigenvalue weighted by molar-refractivity contribution is 0.420. The average molecular weight is 602 g/mol. The van der Waals surface area contributed by atoms with Crippen LogP contribution >= 0.6 is 24.8 Å². The van der Waals surface area contributed by atoms with Crippen LogP contribution in [0.25, 0.3) is 33.2 Å². The number of fused-ring (bicyclic) bond motifs is 2. The molecule has 216 valence electrons. The average Bonchev–Trinajstić information content (AvgIpc) is 3.54. The van der Waals surface area contributed by atoms with E-state index in [9.17, 15) is 10.2 Å². The van der Waals surface area contributed by atoms with Crippen molar-refractivity contribution < 1.29 is 10.2 Å². The Balaban J connectivity index is 0.00000202. The van der Waals surface area contributed by atoms with Gasteiger partial charge in [0.2, 0.25) is 0 Å². The molecule has 0 aliphatic heterocycles. The van der Waals surface area contributed by atoms with Crippen LogP contribution in [0.2, 0.25) is 0 Å². The molecule has 0 saturated heterocycles. The Morgan fingerprint density at radius 3 is 1.19 bits per heavy atom. The lowest BCUT2D eigenvalue weighted by Crippen LogP contribution is -2.22. The molecule has 42 heavy (non-hydrogen) atoms. The monoisotopic (exact) mass is 600 g/mol. The molecule has 2 aromatic heterocycles. The van der Waals surface area contributed by atoms with Crippen molar-refractivity contribution in [2.75, 3.05) is 0 Å². The van der Waals surface area contributed by atoms with Crippen molar-refractivity contribution in [3.05, 3.63) is 121 Å². The minimum atomic E-state index is -0.663. The fraction of sp³-hybridized carbons (Fsp3) is 0.176. The number of phenolic OH excluding ortho intramolecular Hbond substituents is 2. The molecular formula is C34H34Cl2N4O2. The van der Waals surface area contributed by atoms with Gasteiger partial charge in [0.1, 0.15) is 22.6 Å². The zero-order chi connectivity index (χ0) is 28.1. The molecule has 0 spiro atoms. The van der Waals surface area contributed by atoms with E-state index in [4.69, 9.17) is 10.2 Å². The van der Waals surface area contributed by atoms with Crippen LogP contribution in [0.15, 0.2) is 119 Å². The summed E-state index contributed by atoms with van der Waals surface area (Å²) in [5.74, 6) is 0.456. The summed E-state index contributed by atoms with van der Waals surface area (Å²) < 4.78 is 4.38. The summed E-state index contributed by atoms with van der Waals surface area (Å²) in [5, 5.41) is 32.0. The third-order valence-electron chi connectivity index (χ3n) is 7.44. The molecule has 0 radical (unpaired) electrons. The van der Waals surface area contributed by atoms with Gasteiger partial charge in [-0.15, -0.1) is 24.8 Å². The van der Waals surface area contributed by atoms with Crippen molar-refractivity contribution in [1.82, 2.24) is 9.13 Å². The van der Waals surface area contributed by atoms with Gasteiger partial charge in [-0.05, 0) is 100 Å². The Morgan fingerprint density at radius 1 is 0.500 bits per heavy atom. The summed E-state index contributed by atoms with van der Waals surface area (Å²) in [6.45, 7) is 8.31. The Morgan fingerprint density at radius 2 is 0.833 bits per heavy atom. The molecule has 0 fully saturated rings. The van der Waals surface area contributed by atoms with Crippen LogP contribution in [-0.4, -0.2) is 19.3 Å². The fourth-order valence-corrected chi connectivity index (χ4v) is 5.32. The van der Waals surface area contributed by atoms with Crippen molar-refractivity contribution in [2.45, 2.75) is 38.8 Å². The lowest BCUT2D eigenvalue weighted by atomic mass is 10.00. The Hall–Kier alpha value is -4.26. The molecule has 0 atom stereocenters. The third kappa shape index (κ3) is 5.48. The molecule has 0 bridgehead atoms. The van der Waals surface area contributed by atoms with E-state index in [0.717, 1.165) is 44.6 Å². The van der Waals surface area contributed by atoms with Crippen LogP contribution < -0.4 is 0 Å². The zero-order valence-electron chi connectivity index (χ0n) is 23.9. The lowest BCUT2D eigenvalue weighted by Gasteiger charge is -2.26. The van der Waals surface area contributed by atoms with Gasteiger partial charge in [-0.25, -0.2) is 0 Å².